The summed E-state index contributed by atoms with van der Waals surface area (Å²) in [5.41, 5.74) is 0.878. The number of nitrogens with zero attached hydrogens (tertiary/aromatic N) is 1. The molecule has 22 heavy (non-hydrogen) atoms. The molecule has 0 atom stereocenters. The molecular formula is C12H8Cl2FN3O2S2. The quantitative estimate of drug-likeness (QED) is 0.795. The Labute approximate surface area is 139 Å². The van der Waals surface area contributed by atoms with E-state index >= 15 is 0 Å². The van der Waals surface area contributed by atoms with Gasteiger partial charge in [0.15, 0.2) is 4.21 Å². The first kappa shape index (κ1) is 15.5. The summed E-state index contributed by atoms with van der Waals surface area (Å²) in [5.74, 6) is -0.563. The lowest BCUT2D eigenvalue weighted by Crippen LogP contribution is -2.39. The fraction of sp³-hybridized carbons (Fsp3) is 0.0833. The van der Waals surface area contributed by atoms with E-state index in [4.69, 9.17) is 23.2 Å². The van der Waals surface area contributed by atoms with E-state index in [0.29, 0.717) is 11.1 Å². The predicted molar refractivity (Wildman–Crippen MR) is 87.0 cm³/mol. The highest BCUT2D eigenvalue weighted by Crippen LogP contribution is 2.49. The fourth-order valence-corrected chi connectivity index (χ4v) is 5.29. The molecule has 5 nitrogen and oxygen atoms in total. The Bertz CT molecular complexity index is 909. The van der Waals surface area contributed by atoms with Gasteiger partial charge in [0.25, 0.3) is 10.0 Å². The smallest absolute Gasteiger partial charge is 0.275 e. The molecule has 0 amide bonds. The van der Waals surface area contributed by atoms with Gasteiger partial charge in [0, 0.05) is 18.2 Å². The first-order valence-corrected chi connectivity index (χ1v) is 8.94. The van der Waals surface area contributed by atoms with Gasteiger partial charge in [0.2, 0.25) is 5.96 Å². The molecule has 0 aliphatic carbocycles. The summed E-state index contributed by atoms with van der Waals surface area (Å²) in [6.45, 7) is 0. The van der Waals surface area contributed by atoms with Gasteiger partial charge in [-0.05, 0) is 6.07 Å². The van der Waals surface area contributed by atoms with Gasteiger partial charge in [0.1, 0.15) is 10.2 Å². The van der Waals surface area contributed by atoms with Crippen LogP contribution in [0.25, 0.3) is 11.1 Å². The van der Waals surface area contributed by atoms with E-state index in [-0.39, 0.29) is 25.2 Å². The molecular weight excluding hydrogens is 372 g/mol. The van der Waals surface area contributed by atoms with Gasteiger partial charge in [-0.25, -0.2) is 17.5 Å². The molecule has 1 aromatic heterocycles. The minimum atomic E-state index is -3.78. The zero-order valence-corrected chi connectivity index (χ0v) is 14.1. The van der Waals surface area contributed by atoms with Gasteiger partial charge in [-0.15, -0.1) is 11.3 Å². The van der Waals surface area contributed by atoms with E-state index in [0.717, 1.165) is 11.3 Å². The van der Waals surface area contributed by atoms with Crippen molar-refractivity contribution < 1.29 is 12.8 Å². The number of aliphatic imine (C=N–C) groups is 1. The molecule has 10 heteroatoms. The van der Waals surface area contributed by atoms with Crippen LogP contribution in [0.4, 0.5) is 10.1 Å². The molecule has 3 rings (SSSR count). The number of nitrogens with one attached hydrogen (secondary N) is 2. The van der Waals surface area contributed by atoms with Crippen molar-refractivity contribution in [3.8, 4) is 11.1 Å². The predicted octanol–water partition coefficient (Wildman–Crippen LogP) is 3.55. The molecule has 0 unspecified atom stereocenters. The van der Waals surface area contributed by atoms with Crippen molar-refractivity contribution in [2.75, 3.05) is 12.4 Å². The Morgan fingerprint density at radius 3 is 2.73 bits per heavy atom. The maximum Gasteiger partial charge on any atom is 0.275 e. The van der Waals surface area contributed by atoms with E-state index in [2.05, 4.69) is 15.0 Å². The highest BCUT2D eigenvalue weighted by Gasteiger charge is 2.34. The van der Waals surface area contributed by atoms with Crippen LogP contribution in [0.15, 0.2) is 27.4 Å². The maximum atomic E-state index is 13.7. The lowest BCUT2D eigenvalue weighted by atomic mass is 10.1. The van der Waals surface area contributed by atoms with Gasteiger partial charge in [-0.1, -0.05) is 35.3 Å². The van der Waals surface area contributed by atoms with Gasteiger partial charge < -0.3 is 5.32 Å². The molecule has 1 aliphatic heterocycles. The summed E-state index contributed by atoms with van der Waals surface area (Å²) >= 11 is 13.0. The zero-order chi connectivity index (χ0) is 16.1. The van der Waals surface area contributed by atoms with Crippen LogP contribution in [-0.4, -0.2) is 21.4 Å². The molecule has 2 aromatic rings. The van der Waals surface area contributed by atoms with Crippen LogP contribution in [0, 0.1) is 5.82 Å². The summed E-state index contributed by atoms with van der Waals surface area (Å²) < 4.78 is 40.6. The van der Waals surface area contributed by atoms with E-state index < -0.39 is 15.8 Å². The lowest BCUT2D eigenvalue weighted by molar-refractivity contribution is 0.594. The molecule has 2 N–H and O–H groups in total. The number of sulfonamides is 1. The van der Waals surface area contributed by atoms with Crippen LogP contribution in [0.2, 0.25) is 9.36 Å². The highest BCUT2D eigenvalue weighted by atomic mass is 35.5. The Hall–Kier alpha value is -1.35. The average molecular weight is 380 g/mol. The number of guanidine groups is 1. The van der Waals surface area contributed by atoms with Crippen molar-refractivity contribution in [2.45, 2.75) is 4.21 Å². The summed E-state index contributed by atoms with van der Waals surface area (Å²) in [4.78, 5) is 3.80. The average Bonchev–Trinajstić information content (AvgIpc) is 2.79. The summed E-state index contributed by atoms with van der Waals surface area (Å²) in [6.07, 6.45) is 0. The number of anilines is 1. The van der Waals surface area contributed by atoms with E-state index in [1.54, 1.807) is 6.07 Å². The topological polar surface area (TPSA) is 70.6 Å². The first-order valence-electron chi connectivity index (χ1n) is 5.88. The van der Waals surface area contributed by atoms with E-state index in [1.165, 1.54) is 19.2 Å². The van der Waals surface area contributed by atoms with Gasteiger partial charge in [0.05, 0.1) is 10.7 Å². The summed E-state index contributed by atoms with van der Waals surface area (Å²) in [6, 6.07) is 4.25. The van der Waals surface area contributed by atoms with Crippen molar-refractivity contribution in [1.82, 2.24) is 4.72 Å². The third-order valence-corrected chi connectivity index (χ3v) is 6.64. The molecule has 0 radical (unpaired) electrons. The number of hydrogen-bond acceptors (Lipinski definition) is 4. The minimum Gasteiger partial charge on any atom is -0.323 e. The second kappa shape index (κ2) is 5.38. The van der Waals surface area contributed by atoms with Crippen molar-refractivity contribution >= 4 is 56.2 Å². The number of benzene rings is 1. The number of rotatable bonds is 1. The van der Waals surface area contributed by atoms with Crippen LogP contribution in [0.1, 0.15) is 0 Å². The SMILES string of the molecule is CN=C1Nc2c(sc(Cl)c2-c2cccc(F)c2Cl)S(=O)(=O)N1. The molecule has 0 bridgehead atoms. The Kier molecular flexibility index (Phi) is 3.80. The zero-order valence-electron chi connectivity index (χ0n) is 10.9. The third kappa shape index (κ3) is 2.36. The molecule has 1 aliphatic rings. The Morgan fingerprint density at radius 2 is 2.05 bits per heavy atom. The largest absolute Gasteiger partial charge is 0.323 e. The minimum absolute atomic E-state index is 0.000211. The van der Waals surface area contributed by atoms with Crippen molar-refractivity contribution in [3.05, 3.63) is 33.4 Å². The second-order valence-electron chi connectivity index (χ2n) is 4.32. The first-order chi connectivity index (χ1) is 10.3. The van der Waals surface area contributed by atoms with Gasteiger partial charge in [-0.2, -0.15) is 0 Å². The molecule has 1 aromatic carbocycles. The highest BCUT2D eigenvalue weighted by molar-refractivity contribution is 7.92. The van der Waals surface area contributed by atoms with Crippen molar-refractivity contribution in [2.24, 2.45) is 4.99 Å². The third-order valence-electron chi connectivity index (χ3n) is 3.00. The van der Waals surface area contributed by atoms with Crippen molar-refractivity contribution in [1.29, 1.82) is 0 Å². The number of halogens is 3. The van der Waals surface area contributed by atoms with Crippen molar-refractivity contribution in [3.63, 3.8) is 0 Å². The summed E-state index contributed by atoms with van der Waals surface area (Å²) in [7, 11) is -2.35. The van der Waals surface area contributed by atoms with E-state index in [1.807, 2.05) is 0 Å². The molecule has 2 heterocycles. The maximum absolute atomic E-state index is 13.7. The second-order valence-corrected chi connectivity index (χ2v) is 8.20. The van der Waals surface area contributed by atoms with Gasteiger partial charge in [-0.3, -0.25) is 4.99 Å². The number of hydrogen-bond donors (Lipinski definition) is 2. The van der Waals surface area contributed by atoms with Crippen LogP contribution in [0.5, 0.6) is 0 Å². The molecule has 0 saturated heterocycles. The Balaban J connectivity index is 2.33. The molecule has 0 fully saturated rings. The lowest BCUT2D eigenvalue weighted by Gasteiger charge is -2.19. The Morgan fingerprint density at radius 1 is 1.32 bits per heavy atom. The van der Waals surface area contributed by atoms with Gasteiger partial charge >= 0.3 is 0 Å². The monoisotopic (exact) mass is 379 g/mol. The van der Waals surface area contributed by atoms with Crippen LogP contribution in [0.3, 0.4) is 0 Å². The fourth-order valence-electron chi connectivity index (χ4n) is 2.04. The molecule has 0 saturated carbocycles. The van der Waals surface area contributed by atoms with Crippen LogP contribution in [-0.2, 0) is 10.0 Å². The summed E-state index contributed by atoms with van der Waals surface area (Å²) in [5, 5.41) is 2.71. The van der Waals surface area contributed by atoms with Crippen LogP contribution < -0.4 is 10.0 Å². The molecule has 0 spiro atoms. The normalized spacial score (nSPS) is 17.7. The number of thiophene rings is 1. The molecule has 116 valence electrons. The van der Waals surface area contributed by atoms with Crippen LogP contribution >= 0.6 is 34.5 Å². The standard InChI is InChI=1S/C12H8Cl2FN3O2S2/c1-16-12-17-9-7(5-3-2-4-6(15)8(5)13)10(14)21-11(9)22(19,20)18-12/h2-4H,1H3,(H2,16,17,18). The number of fused-ring (bicyclic) bond motifs is 1. The van der Waals surface area contributed by atoms with E-state index in [9.17, 15) is 12.8 Å².